The first kappa shape index (κ1) is 21.2. The molecule has 0 aliphatic carbocycles. The van der Waals surface area contributed by atoms with Gasteiger partial charge in [0, 0.05) is 32.9 Å². The topological polar surface area (TPSA) is 67.0 Å². The minimum atomic E-state index is -0.188. The summed E-state index contributed by atoms with van der Waals surface area (Å²) in [6.07, 6.45) is 0.726. The Kier molecular flexibility index (Phi) is 5.84. The molecule has 1 amide bonds. The highest BCUT2D eigenvalue weighted by Crippen LogP contribution is 2.33. The highest BCUT2D eigenvalue weighted by molar-refractivity contribution is 9.10. The van der Waals surface area contributed by atoms with Crippen LogP contribution in [0.2, 0.25) is 0 Å². The summed E-state index contributed by atoms with van der Waals surface area (Å²) in [5.74, 6) is 0.631. The second-order valence-electron chi connectivity index (χ2n) is 7.81. The number of H-pyrrole nitrogens is 1. The van der Waals surface area contributed by atoms with Crippen LogP contribution in [0.3, 0.4) is 0 Å². The van der Waals surface area contributed by atoms with E-state index < -0.39 is 0 Å². The maximum Gasteiger partial charge on any atom is 0.269 e. The first-order chi connectivity index (χ1) is 16.1. The SMILES string of the molecule is COc1ccc(CCNC(=O)c2cc3c([nH]c4ccccc43)c(-c3cccc(Br)c3)n2)cc1. The molecule has 0 atom stereocenters. The van der Waals surface area contributed by atoms with Crippen LogP contribution in [0.5, 0.6) is 5.75 Å². The Bertz CT molecular complexity index is 1460. The molecule has 2 N–H and O–H groups in total. The molecule has 0 saturated heterocycles. The van der Waals surface area contributed by atoms with Crippen molar-refractivity contribution in [3.05, 3.63) is 94.6 Å². The summed E-state index contributed by atoms with van der Waals surface area (Å²) in [4.78, 5) is 21.3. The number of methoxy groups -OCH3 is 1. The number of pyridine rings is 1. The summed E-state index contributed by atoms with van der Waals surface area (Å²) in [5.41, 5.74) is 5.16. The molecular formula is C27H22BrN3O2. The van der Waals surface area contributed by atoms with Gasteiger partial charge in [-0.05, 0) is 48.4 Å². The average Bonchev–Trinajstić information content (AvgIpc) is 3.22. The van der Waals surface area contributed by atoms with Gasteiger partial charge < -0.3 is 15.0 Å². The third-order valence-corrected chi connectivity index (χ3v) is 6.18. The van der Waals surface area contributed by atoms with E-state index in [9.17, 15) is 4.79 Å². The van der Waals surface area contributed by atoms with Gasteiger partial charge in [0.2, 0.25) is 0 Å². The van der Waals surface area contributed by atoms with E-state index in [-0.39, 0.29) is 5.91 Å². The van der Waals surface area contributed by atoms with Crippen LogP contribution in [-0.2, 0) is 6.42 Å². The van der Waals surface area contributed by atoms with Gasteiger partial charge in [-0.3, -0.25) is 4.79 Å². The molecule has 0 unspecified atom stereocenters. The van der Waals surface area contributed by atoms with Gasteiger partial charge in [-0.15, -0.1) is 0 Å². The first-order valence-electron chi connectivity index (χ1n) is 10.7. The predicted molar refractivity (Wildman–Crippen MR) is 136 cm³/mol. The van der Waals surface area contributed by atoms with Crippen LogP contribution >= 0.6 is 15.9 Å². The zero-order valence-electron chi connectivity index (χ0n) is 18.1. The summed E-state index contributed by atoms with van der Waals surface area (Å²) in [5, 5.41) is 5.07. The molecule has 0 radical (unpaired) electrons. The number of carbonyl (C=O) groups is 1. The monoisotopic (exact) mass is 499 g/mol. The second-order valence-corrected chi connectivity index (χ2v) is 8.73. The zero-order valence-corrected chi connectivity index (χ0v) is 19.6. The van der Waals surface area contributed by atoms with Crippen molar-refractivity contribution in [3.8, 4) is 17.0 Å². The number of ether oxygens (including phenoxy) is 1. The number of fused-ring (bicyclic) bond motifs is 3. The number of para-hydroxylation sites is 1. The van der Waals surface area contributed by atoms with Gasteiger partial charge in [0.15, 0.2) is 0 Å². The molecule has 2 aromatic heterocycles. The maximum atomic E-state index is 13.1. The Hall–Kier alpha value is -3.64. The molecular weight excluding hydrogens is 478 g/mol. The fraction of sp³-hybridized carbons (Fsp3) is 0.111. The number of aromatic nitrogens is 2. The molecule has 0 saturated carbocycles. The van der Waals surface area contributed by atoms with Crippen LogP contribution in [-0.4, -0.2) is 29.5 Å². The van der Waals surface area contributed by atoms with Crippen molar-refractivity contribution in [1.29, 1.82) is 0 Å². The normalized spacial score (nSPS) is 11.1. The number of halogens is 1. The van der Waals surface area contributed by atoms with E-state index >= 15 is 0 Å². The lowest BCUT2D eigenvalue weighted by atomic mass is 10.1. The van der Waals surface area contributed by atoms with Crippen molar-refractivity contribution < 1.29 is 9.53 Å². The summed E-state index contributed by atoms with van der Waals surface area (Å²) in [7, 11) is 1.65. The predicted octanol–water partition coefficient (Wildman–Crippen LogP) is 6.13. The molecule has 164 valence electrons. The lowest BCUT2D eigenvalue weighted by molar-refractivity contribution is 0.0949. The Morgan fingerprint density at radius 2 is 1.82 bits per heavy atom. The number of benzene rings is 3. The quantitative estimate of drug-likeness (QED) is 0.295. The zero-order chi connectivity index (χ0) is 22.8. The van der Waals surface area contributed by atoms with E-state index in [0.717, 1.165) is 55.3 Å². The number of hydrogen-bond donors (Lipinski definition) is 2. The fourth-order valence-corrected chi connectivity index (χ4v) is 4.41. The summed E-state index contributed by atoms with van der Waals surface area (Å²) in [6.45, 7) is 0.519. The van der Waals surface area contributed by atoms with Crippen LogP contribution in [0.15, 0.2) is 83.3 Å². The molecule has 3 aromatic carbocycles. The molecule has 6 heteroatoms. The van der Waals surface area contributed by atoms with E-state index in [1.807, 2.05) is 72.8 Å². The van der Waals surface area contributed by atoms with E-state index in [0.29, 0.717) is 12.2 Å². The highest BCUT2D eigenvalue weighted by Gasteiger charge is 2.17. The molecule has 0 aliphatic heterocycles. The van der Waals surface area contributed by atoms with Gasteiger partial charge in [0.1, 0.15) is 11.4 Å². The van der Waals surface area contributed by atoms with E-state index in [1.165, 1.54) is 0 Å². The molecule has 0 fully saturated rings. The third-order valence-electron chi connectivity index (χ3n) is 5.69. The minimum absolute atomic E-state index is 0.188. The Morgan fingerprint density at radius 3 is 2.61 bits per heavy atom. The number of carbonyl (C=O) groups excluding carboxylic acids is 1. The molecule has 5 aromatic rings. The number of amides is 1. The van der Waals surface area contributed by atoms with Crippen LogP contribution in [0.4, 0.5) is 0 Å². The summed E-state index contributed by atoms with van der Waals surface area (Å²) in [6, 6.07) is 25.8. The fourth-order valence-electron chi connectivity index (χ4n) is 4.01. The molecule has 2 heterocycles. The first-order valence-corrected chi connectivity index (χ1v) is 11.5. The van der Waals surface area contributed by atoms with Gasteiger partial charge in [0.25, 0.3) is 5.91 Å². The van der Waals surface area contributed by atoms with Crippen molar-refractivity contribution in [2.75, 3.05) is 13.7 Å². The van der Waals surface area contributed by atoms with Crippen molar-refractivity contribution >= 4 is 43.6 Å². The molecule has 0 bridgehead atoms. The van der Waals surface area contributed by atoms with E-state index in [2.05, 4.69) is 32.3 Å². The smallest absolute Gasteiger partial charge is 0.269 e. The van der Waals surface area contributed by atoms with Gasteiger partial charge in [-0.1, -0.05) is 58.4 Å². The standard InChI is InChI=1S/C27H22BrN3O2/c1-33-20-11-9-17(10-12-20)13-14-29-27(32)24-16-22-21-7-2-3-8-23(21)30-26(22)25(31-24)18-5-4-6-19(28)15-18/h2-12,15-16,30H,13-14H2,1H3,(H,29,32). The Balaban J connectivity index is 1.48. The van der Waals surface area contributed by atoms with E-state index in [1.54, 1.807) is 7.11 Å². The molecule has 0 aliphatic rings. The number of nitrogens with one attached hydrogen (secondary N) is 2. The van der Waals surface area contributed by atoms with Crippen molar-refractivity contribution in [2.24, 2.45) is 0 Å². The Labute approximate surface area is 199 Å². The molecule has 0 spiro atoms. The molecule has 5 nitrogen and oxygen atoms in total. The second kappa shape index (κ2) is 9.08. The molecule has 33 heavy (non-hydrogen) atoms. The largest absolute Gasteiger partial charge is 0.497 e. The van der Waals surface area contributed by atoms with E-state index in [4.69, 9.17) is 9.72 Å². The lowest BCUT2D eigenvalue weighted by Crippen LogP contribution is -2.26. The minimum Gasteiger partial charge on any atom is -0.497 e. The van der Waals surface area contributed by atoms with Gasteiger partial charge >= 0.3 is 0 Å². The van der Waals surface area contributed by atoms with Crippen LogP contribution < -0.4 is 10.1 Å². The lowest BCUT2D eigenvalue weighted by Gasteiger charge is -2.09. The van der Waals surface area contributed by atoms with Gasteiger partial charge in [-0.25, -0.2) is 4.98 Å². The Morgan fingerprint density at radius 1 is 1.00 bits per heavy atom. The highest BCUT2D eigenvalue weighted by atomic mass is 79.9. The number of rotatable bonds is 6. The van der Waals surface area contributed by atoms with Crippen molar-refractivity contribution in [2.45, 2.75) is 6.42 Å². The van der Waals surface area contributed by atoms with Gasteiger partial charge in [0.05, 0.1) is 18.3 Å². The molecule has 5 rings (SSSR count). The summed E-state index contributed by atoms with van der Waals surface area (Å²) >= 11 is 3.55. The maximum absolute atomic E-state index is 13.1. The number of nitrogens with zero attached hydrogens (tertiary/aromatic N) is 1. The van der Waals surface area contributed by atoms with Crippen molar-refractivity contribution in [1.82, 2.24) is 15.3 Å². The number of hydrogen-bond acceptors (Lipinski definition) is 3. The van der Waals surface area contributed by atoms with Crippen LogP contribution in [0, 0.1) is 0 Å². The van der Waals surface area contributed by atoms with Crippen LogP contribution in [0.25, 0.3) is 33.1 Å². The average molecular weight is 500 g/mol. The van der Waals surface area contributed by atoms with Crippen molar-refractivity contribution in [3.63, 3.8) is 0 Å². The summed E-state index contributed by atoms with van der Waals surface area (Å²) < 4.78 is 6.16. The van der Waals surface area contributed by atoms with Gasteiger partial charge in [-0.2, -0.15) is 0 Å². The number of aromatic amines is 1. The third kappa shape index (κ3) is 4.34. The van der Waals surface area contributed by atoms with Crippen LogP contribution in [0.1, 0.15) is 16.1 Å².